The number of carbonyl (C=O) groups is 1. The minimum absolute atomic E-state index is 0.0907. The van der Waals surface area contributed by atoms with Crippen molar-refractivity contribution in [2.45, 2.75) is 201 Å². The molecule has 0 amide bonds. The van der Waals surface area contributed by atoms with Gasteiger partial charge in [0.05, 0.1) is 13.1 Å². The molecule has 0 aromatic rings. The first-order valence-electron chi connectivity index (χ1n) is 18.2. The van der Waals surface area contributed by atoms with Gasteiger partial charge in [-0.2, -0.15) is 0 Å². The number of rotatable bonds is 32. The van der Waals surface area contributed by atoms with Crippen molar-refractivity contribution in [1.82, 2.24) is 0 Å². The molecule has 0 bridgehead atoms. The number of hydrogen-bond donors (Lipinski definition) is 2. The number of aliphatic carboxylic acids is 1. The second-order valence-corrected chi connectivity index (χ2v) is 12.8. The summed E-state index contributed by atoms with van der Waals surface area (Å²) in [6, 6.07) is 0. The molecule has 0 aliphatic rings. The lowest BCUT2D eigenvalue weighted by atomic mass is 10.0. The predicted molar refractivity (Wildman–Crippen MR) is 175 cm³/mol. The van der Waals surface area contributed by atoms with Crippen molar-refractivity contribution in [3.63, 3.8) is 0 Å². The smallest absolute Gasteiger partial charge is 0.182 e. The third-order valence-electron chi connectivity index (χ3n) is 8.57. The van der Waals surface area contributed by atoms with Crippen LogP contribution in [0.25, 0.3) is 0 Å². The highest BCUT2D eigenvalue weighted by molar-refractivity contribution is 5.60. The number of carbonyl (C=O) groups excluding carboxylic acids is 1. The van der Waals surface area contributed by atoms with Crippen LogP contribution in [0.2, 0.25) is 0 Å². The normalized spacial score (nSPS) is 11.4. The first-order valence-corrected chi connectivity index (χ1v) is 18.2. The molecule has 41 heavy (non-hydrogen) atoms. The quantitative estimate of drug-likeness (QED) is 0.0468. The molecule has 0 aromatic carbocycles. The SMILES string of the molecule is CC(=O)[O-].CCCCCCCCCCCCCCCC[N+](CO)(CO)CCCCCCCCCCCCCCCC. The number of hydrogen-bond acceptors (Lipinski definition) is 4. The van der Waals surface area contributed by atoms with E-state index in [2.05, 4.69) is 13.8 Å². The van der Waals surface area contributed by atoms with Crippen molar-refractivity contribution in [3.05, 3.63) is 0 Å². The average Bonchev–Trinajstić information content (AvgIpc) is 2.96. The predicted octanol–water partition coefficient (Wildman–Crippen LogP) is 9.42. The number of aliphatic hydroxyl groups excluding tert-OH is 2. The van der Waals surface area contributed by atoms with Crippen molar-refractivity contribution in [1.29, 1.82) is 0 Å². The second-order valence-electron chi connectivity index (χ2n) is 12.8. The van der Waals surface area contributed by atoms with E-state index in [0.717, 1.165) is 32.9 Å². The van der Waals surface area contributed by atoms with Gasteiger partial charge in [-0.3, -0.25) is 4.48 Å². The summed E-state index contributed by atoms with van der Waals surface area (Å²) in [5.41, 5.74) is 0. The summed E-state index contributed by atoms with van der Waals surface area (Å²) >= 11 is 0. The summed E-state index contributed by atoms with van der Waals surface area (Å²) in [7, 11) is 0. The fourth-order valence-electron chi connectivity index (χ4n) is 5.72. The monoisotopic (exact) mass is 586 g/mol. The molecule has 0 saturated carbocycles. The lowest BCUT2D eigenvalue weighted by Crippen LogP contribution is -2.50. The number of carboxylic acids is 1. The maximum atomic E-state index is 10.00. The molecular formula is C36H75NO4. The Labute approximate surface area is 257 Å². The molecule has 0 saturated heterocycles. The molecule has 0 fully saturated rings. The van der Waals surface area contributed by atoms with Gasteiger partial charge in [0, 0.05) is 5.97 Å². The summed E-state index contributed by atoms with van der Waals surface area (Å²) < 4.78 is 0.497. The van der Waals surface area contributed by atoms with E-state index < -0.39 is 5.97 Å². The molecule has 248 valence electrons. The van der Waals surface area contributed by atoms with E-state index in [4.69, 9.17) is 9.90 Å². The molecule has 0 atom stereocenters. The van der Waals surface area contributed by atoms with E-state index in [1.807, 2.05) is 0 Å². The molecule has 0 radical (unpaired) electrons. The molecule has 0 aliphatic heterocycles. The van der Waals surface area contributed by atoms with Crippen LogP contribution in [-0.4, -0.2) is 47.2 Å². The Hall–Kier alpha value is -0.650. The first-order chi connectivity index (χ1) is 20.0. The molecule has 0 spiro atoms. The zero-order chi connectivity index (χ0) is 30.7. The molecule has 0 rings (SSSR count). The molecule has 2 N–H and O–H groups in total. The van der Waals surface area contributed by atoms with Crippen molar-refractivity contribution in [3.8, 4) is 0 Å². The Bertz CT molecular complexity index is 458. The van der Waals surface area contributed by atoms with Crippen LogP contribution in [-0.2, 0) is 4.79 Å². The highest BCUT2D eigenvalue weighted by Gasteiger charge is 2.24. The van der Waals surface area contributed by atoms with Crippen LogP contribution >= 0.6 is 0 Å². The fraction of sp³-hybridized carbons (Fsp3) is 0.972. The van der Waals surface area contributed by atoms with E-state index in [1.54, 1.807) is 0 Å². The molecule has 0 unspecified atom stereocenters. The minimum Gasteiger partial charge on any atom is -0.550 e. The van der Waals surface area contributed by atoms with Gasteiger partial charge in [-0.1, -0.05) is 168 Å². The van der Waals surface area contributed by atoms with Gasteiger partial charge in [0.1, 0.15) is 0 Å². The standard InChI is InChI=1S/C34H72NO2.C2H4O2/c1-3-5-7-9-11-13-15-17-19-21-23-25-27-29-31-35(33-36,34-37)32-30-28-26-24-22-20-18-16-14-12-10-8-6-4-2;1-2(3)4/h36-37H,3-34H2,1-2H3;1H3,(H,3,4)/q+1;/p-1. The van der Waals surface area contributed by atoms with Crippen molar-refractivity contribution in [2.24, 2.45) is 0 Å². The van der Waals surface area contributed by atoms with Crippen LogP contribution < -0.4 is 5.11 Å². The Balaban J connectivity index is 0. The van der Waals surface area contributed by atoms with Crippen molar-refractivity contribution >= 4 is 5.97 Å². The summed E-state index contributed by atoms with van der Waals surface area (Å²) in [4.78, 5) is 8.89. The maximum absolute atomic E-state index is 10.00. The zero-order valence-electron chi connectivity index (χ0n) is 28.3. The van der Waals surface area contributed by atoms with Crippen LogP contribution in [0, 0.1) is 0 Å². The molecule has 0 aromatic heterocycles. The van der Waals surface area contributed by atoms with Crippen LogP contribution in [0.3, 0.4) is 0 Å². The number of nitrogens with zero attached hydrogens (tertiary/aromatic N) is 1. The molecule has 0 aliphatic carbocycles. The molecule has 5 nitrogen and oxygen atoms in total. The van der Waals surface area contributed by atoms with E-state index in [9.17, 15) is 10.2 Å². The molecular weight excluding hydrogens is 510 g/mol. The third-order valence-corrected chi connectivity index (χ3v) is 8.57. The van der Waals surface area contributed by atoms with Crippen LogP contribution in [0.1, 0.15) is 201 Å². The third kappa shape index (κ3) is 35.5. The summed E-state index contributed by atoms with van der Waals surface area (Å²) in [6.07, 6.45) is 38.4. The molecule has 5 heteroatoms. The van der Waals surface area contributed by atoms with E-state index in [1.165, 1.54) is 167 Å². The van der Waals surface area contributed by atoms with E-state index in [0.29, 0.717) is 4.48 Å². The molecule has 0 heterocycles. The Kier molecular flexibility index (Phi) is 36.8. The van der Waals surface area contributed by atoms with E-state index in [-0.39, 0.29) is 13.5 Å². The van der Waals surface area contributed by atoms with Gasteiger partial charge in [-0.15, -0.1) is 0 Å². The van der Waals surface area contributed by atoms with Gasteiger partial charge in [0.2, 0.25) is 0 Å². The summed E-state index contributed by atoms with van der Waals surface area (Å²) in [5, 5.41) is 28.9. The Morgan fingerprint density at radius 3 is 0.780 bits per heavy atom. The first kappa shape index (κ1) is 42.5. The largest absolute Gasteiger partial charge is 0.550 e. The highest BCUT2D eigenvalue weighted by Crippen LogP contribution is 2.17. The Morgan fingerprint density at radius 1 is 0.439 bits per heavy atom. The summed E-state index contributed by atoms with van der Waals surface area (Å²) in [6.45, 7) is 7.60. The summed E-state index contributed by atoms with van der Waals surface area (Å²) in [5.74, 6) is -1.08. The second kappa shape index (κ2) is 35.5. The van der Waals surface area contributed by atoms with Gasteiger partial charge in [0.25, 0.3) is 0 Å². The minimum atomic E-state index is -1.08. The number of quaternary nitrogens is 1. The van der Waals surface area contributed by atoms with Crippen molar-refractivity contribution in [2.75, 3.05) is 26.6 Å². The average molecular weight is 586 g/mol. The number of aliphatic hydroxyl groups is 2. The van der Waals surface area contributed by atoms with Crippen molar-refractivity contribution < 1.29 is 24.6 Å². The van der Waals surface area contributed by atoms with Gasteiger partial charge in [-0.25, -0.2) is 0 Å². The van der Waals surface area contributed by atoms with E-state index >= 15 is 0 Å². The maximum Gasteiger partial charge on any atom is 0.182 e. The number of unbranched alkanes of at least 4 members (excludes halogenated alkanes) is 26. The van der Waals surface area contributed by atoms with Gasteiger partial charge in [-0.05, 0) is 32.6 Å². The lowest BCUT2D eigenvalue weighted by molar-refractivity contribution is -0.961. The van der Waals surface area contributed by atoms with Gasteiger partial charge < -0.3 is 20.1 Å². The topological polar surface area (TPSA) is 80.6 Å². The highest BCUT2D eigenvalue weighted by atomic mass is 16.4. The van der Waals surface area contributed by atoms with Crippen LogP contribution in [0.5, 0.6) is 0 Å². The van der Waals surface area contributed by atoms with Gasteiger partial charge >= 0.3 is 0 Å². The fourth-order valence-corrected chi connectivity index (χ4v) is 5.72. The zero-order valence-corrected chi connectivity index (χ0v) is 28.3. The lowest BCUT2D eigenvalue weighted by Gasteiger charge is -2.34. The van der Waals surface area contributed by atoms with Crippen LogP contribution in [0.15, 0.2) is 0 Å². The van der Waals surface area contributed by atoms with Crippen LogP contribution in [0.4, 0.5) is 0 Å². The van der Waals surface area contributed by atoms with Gasteiger partial charge in [0.15, 0.2) is 13.5 Å². The number of carboxylic acid groups (broad SMARTS) is 1. The Morgan fingerprint density at radius 2 is 0.610 bits per heavy atom.